The van der Waals surface area contributed by atoms with Gasteiger partial charge in [0.05, 0.1) is 0 Å². The summed E-state index contributed by atoms with van der Waals surface area (Å²) < 4.78 is 0. The molecule has 0 spiro atoms. The molecule has 1 aliphatic rings. The molecule has 0 fully saturated rings. The number of ketones is 1. The van der Waals surface area contributed by atoms with E-state index in [9.17, 15) is 4.79 Å². The number of carbonyl (C=O) groups is 1. The van der Waals surface area contributed by atoms with Gasteiger partial charge in [0.15, 0.2) is 0 Å². The lowest BCUT2D eigenvalue weighted by molar-refractivity contribution is -0.120. The van der Waals surface area contributed by atoms with Crippen LogP contribution in [-0.4, -0.2) is 5.78 Å². The Hall–Kier alpha value is -1.41. The van der Waals surface area contributed by atoms with Crippen LogP contribution >= 0.6 is 11.3 Å². The fraction of sp³-hybridized carbons (Fsp3) is 0.389. The van der Waals surface area contributed by atoms with Crippen LogP contribution in [-0.2, 0) is 24.1 Å². The van der Waals surface area contributed by atoms with E-state index in [-0.39, 0.29) is 5.92 Å². The maximum atomic E-state index is 12.6. The van der Waals surface area contributed by atoms with Crippen LogP contribution in [0.4, 0.5) is 0 Å². The van der Waals surface area contributed by atoms with Gasteiger partial charge in [-0.15, -0.1) is 11.3 Å². The molecule has 1 atom stereocenters. The first kappa shape index (κ1) is 13.6. The highest BCUT2D eigenvalue weighted by Crippen LogP contribution is 2.36. The largest absolute Gasteiger partial charge is 0.299 e. The number of thiophene rings is 1. The molecule has 1 heterocycles. The van der Waals surface area contributed by atoms with Crippen LogP contribution in [0.3, 0.4) is 0 Å². The standard InChI is InChI=1S/C18H20OS/c1-2-13-6-8-14(9-7-13)12-17(19)15-4-3-5-18-16(15)10-11-20-18/h6-11,15H,2-5,12H2,1H3. The van der Waals surface area contributed by atoms with Crippen LogP contribution in [0.5, 0.6) is 0 Å². The molecule has 2 heteroatoms. The van der Waals surface area contributed by atoms with E-state index in [4.69, 9.17) is 0 Å². The first-order chi connectivity index (χ1) is 9.78. The van der Waals surface area contributed by atoms with Gasteiger partial charge in [-0.05, 0) is 53.8 Å². The number of hydrogen-bond donors (Lipinski definition) is 0. The second-order valence-corrected chi connectivity index (χ2v) is 6.56. The highest BCUT2D eigenvalue weighted by atomic mass is 32.1. The summed E-state index contributed by atoms with van der Waals surface area (Å²) in [4.78, 5) is 14.0. The summed E-state index contributed by atoms with van der Waals surface area (Å²) in [6.45, 7) is 2.15. The first-order valence-electron chi connectivity index (χ1n) is 7.44. The van der Waals surface area contributed by atoms with E-state index in [1.807, 2.05) is 0 Å². The first-order valence-corrected chi connectivity index (χ1v) is 8.32. The predicted octanol–water partition coefficient (Wildman–Crippen LogP) is 4.54. The molecule has 1 aromatic carbocycles. The molecular formula is C18H20OS. The zero-order chi connectivity index (χ0) is 13.9. The van der Waals surface area contributed by atoms with Crippen molar-refractivity contribution in [3.63, 3.8) is 0 Å². The van der Waals surface area contributed by atoms with Gasteiger partial charge in [0.1, 0.15) is 5.78 Å². The Morgan fingerprint density at radius 1 is 1.20 bits per heavy atom. The van der Waals surface area contributed by atoms with Crippen molar-refractivity contribution in [1.82, 2.24) is 0 Å². The second kappa shape index (κ2) is 5.92. The third-order valence-electron chi connectivity index (χ3n) is 4.25. The summed E-state index contributed by atoms with van der Waals surface area (Å²) in [7, 11) is 0. The smallest absolute Gasteiger partial charge is 0.144 e. The Morgan fingerprint density at radius 3 is 2.70 bits per heavy atom. The van der Waals surface area contributed by atoms with Gasteiger partial charge in [-0.1, -0.05) is 31.2 Å². The highest BCUT2D eigenvalue weighted by Gasteiger charge is 2.26. The van der Waals surface area contributed by atoms with E-state index in [0.29, 0.717) is 12.2 Å². The fourth-order valence-corrected chi connectivity index (χ4v) is 4.03. The van der Waals surface area contributed by atoms with Crippen molar-refractivity contribution in [3.05, 3.63) is 57.3 Å². The van der Waals surface area contributed by atoms with Crippen LogP contribution in [0.2, 0.25) is 0 Å². The van der Waals surface area contributed by atoms with Crippen molar-refractivity contribution in [3.8, 4) is 0 Å². The van der Waals surface area contributed by atoms with Gasteiger partial charge in [0, 0.05) is 17.2 Å². The summed E-state index contributed by atoms with van der Waals surface area (Å²) in [5.74, 6) is 0.518. The molecule has 0 saturated carbocycles. The van der Waals surface area contributed by atoms with Crippen LogP contribution in [0, 0.1) is 0 Å². The van der Waals surface area contributed by atoms with Crippen LogP contribution in [0.15, 0.2) is 35.7 Å². The van der Waals surface area contributed by atoms with Crippen LogP contribution in [0.1, 0.15) is 47.3 Å². The average molecular weight is 284 g/mol. The van der Waals surface area contributed by atoms with E-state index in [1.54, 1.807) is 11.3 Å². The van der Waals surface area contributed by atoms with Crippen LogP contribution < -0.4 is 0 Å². The summed E-state index contributed by atoms with van der Waals surface area (Å²) in [5, 5.41) is 2.13. The fourth-order valence-electron chi connectivity index (χ4n) is 3.04. The van der Waals surface area contributed by atoms with Gasteiger partial charge in [-0.25, -0.2) is 0 Å². The molecule has 1 unspecified atom stereocenters. The molecule has 1 aromatic heterocycles. The minimum Gasteiger partial charge on any atom is -0.299 e. The maximum Gasteiger partial charge on any atom is 0.144 e. The highest BCUT2D eigenvalue weighted by molar-refractivity contribution is 7.10. The lowest BCUT2D eigenvalue weighted by Crippen LogP contribution is -2.18. The predicted molar refractivity (Wildman–Crippen MR) is 84.5 cm³/mol. The van der Waals surface area contributed by atoms with Crippen molar-refractivity contribution in [2.45, 2.75) is 44.9 Å². The van der Waals surface area contributed by atoms with Crippen molar-refractivity contribution in [1.29, 1.82) is 0 Å². The minimum absolute atomic E-state index is 0.135. The third kappa shape index (κ3) is 2.71. The van der Waals surface area contributed by atoms with Gasteiger partial charge >= 0.3 is 0 Å². The van der Waals surface area contributed by atoms with Crippen molar-refractivity contribution < 1.29 is 4.79 Å². The number of aryl methyl sites for hydroxylation is 2. The molecule has 1 aliphatic carbocycles. The van der Waals surface area contributed by atoms with Gasteiger partial charge in [-0.2, -0.15) is 0 Å². The maximum absolute atomic E-state index is 12.6. The molecule has 20 heavy (non-hydrogen) atoms. The third-order valence-corrected chi connectivity index (χ3v) is 5.25. The lowest BCUT2D eigenvalue weighted by Gasteiger charge is -2.21. The molecule has 1 nitrogen and oxygen atoms in total. The van der Waals surface area contributed by atoms with Crippen molar-refractivity contribution in [2.24, 2.45) is 0 Å². The summed E-state index contributed by atoms with van der Waals surface area (Å²) in [5.41, 5.74) is 3.78. The van der Waals surface area contributed by atoms with E-state index in [1.165, 1.54) is 16.0 Å². The normalized spacial score (nSPS) is 17.8. The Morgan fingerprint density at radius 2 is 1.95 bits per heavy atom. The van der Waals surface area contributed by atoms with Crippen LogP contribution in [0.25, 0.3) is 0 Å². The molecule has 0 radical (unpaired) electrons. The quantitative estimate of drug-likeness (QED) is 0.805. The number of benzene rings is 1. The number of hydrogen-bond acceptors (Lipinski definition) is 2. The topological polar surface area (TPSA) is 17.1 Å². The molecule has 0 amide bonds. The van der Waals surface area contributed by atoms with Crippen molar-refractivity contribution >= 4 is 17.1 Å². The molecule has 0 saturated heterocycles. The Labute approximate surface area is 124 Å². The van der Waals surface area contributed by atoms with Crippen molar-refractivity contribution in [2.75, 3.05) is 0 Å². The summed E-state index contributed by atoms with van der Waals surface area (Å²) >= 11 is 1.81. The minimum atomic E-state index is 0.135. The molecular weight excluding hydrogens is 264 g/mol. The Kier molecular flexibility index (Phi) is 4.02. The number of fused-ring (bicyclic) bond motifs is 1. The zero-order valence-electron chi connectivity index (χ0n) is 11.9. The monoisotopic (exact) mass is 284 g/mol. The number of carbonyl (C=O) groups excluding carboxylic acids is 1. The van der Waals surface area contributed by atoms with Gasteiger partial charge < -0.3 is 0 Å². The van der Waals surface area contributed by atoms with Gasteiger partial charge in [0.25, 0.3) is 0 Å². The number of rotatable bonds is 4. The SMILES string of the molecule is CCc1ccc(CC(=O)C2CCCc3sccc32)cc1. The van der Waals surface area contributed by atoms with Gasteiger partial charge in [0.2, 0.25) is 0 Å². The molecule has 0 bridgehead atoms. The molecule has 2 aromatic rings. The average Bonchev–Trinajstić information content (AvgIpc) is 2.96. The van der Waals surface area contributed by atoms with Gasteiger partial charge in [-0.3, -0.25) is 4.79 Å². The summed E-state index contributed by atoms with van der Waals surface area (Å²) in [6.07, 6.45) is 4.95. The molecule has 3 rings (SSSR count). The van der Waals surface area contributed by atoms with E-state index in [2.05, 4.69) is 42.6 Å². The van der Waals surface area contributed by atoms with E-state index < -0.39 is 0 Å². The second-order valence-electron chi connectivity index (χ2n) is 5.56. The van der Waals surface area contributed by atoms with E-state index >= 15 is 0 Å². The number of Topliss-reactive ketones (excluding diaryl/α,β-unsaturated/α-hetero) is 1. The zero-order valence-corrected chi connectivity index (χ0v) is 12.7. The van der Waals surface area contributed by atoms with E-state index in [0.717, 1.165) is 31.2 Å². The lowest BCUT2D eigenvalue weighted by atomic mass is 9.83. The molecule has 104 valence electrons. The molecule has 0 N–H and O–H groups in total. The molecule has 0 aliphatic heterocycles. The Bertz CT molecular complexity index is 594. The Balaban J connectivity index is 1.74. The summed E-state index contributed by atoms with van der Waals surface area (Å²) in [6, 6.07) is 10.6.